The molecule has 1 unspecified atom stereocenters. The number of aromatic nitrogens is 4. The Morgan fingerprint density at radius 2 is 2.05 bits per heavy atom. The first-order valence-electron chi connectivity index (χ1n) is 7.22. The molecule has 20 heavy (non-hydrogen) atoms. The second-order valence-corrected chi connectivity index (χ2v) is 5.04. The van der Waals surface area contributed by atoms with Crippen molar-refractivity contribution in [1.29, 1.82) is 0 Å². The maximum atomic E-state index is 4.38. The zero-order chi connectivity index (χ0) is 14.5. The second kappa shape index (κ2) is 6.61. The van der Waals surface area contributed by atoms with E-state index < -0.39 is 0 Å². The third-order valence-corrected chi connectivity index (χ3v) is 3.36. The summed E-state index contributed by atoms with van der Waals surface area (Å²) < 4.78 is 1.95. The lowest BCUT2D eigenvalue weighted by atomic mass is 10.00. The van der Waals surface area contributed by atoms with Gasteiger partial charge in [-0.1, -0.05) is 6.92 Å². The number of aryl methyl sites for hydroxylation is 3. The summed E-state index contributed by atoms with van der Waals surface area (Å²) >= 11 is 0. The molecule has 5 nitrogen and oxygen atoms in total. The SMILES string of the molecule is CCCNC(c1cnn(CC)c1)c1cc(C)nnc1C. The Hall–Kier alpha value is -1.75. The van der Waals surface area contributed by atoms with Crippen molar-refractivity contribution in [2.24, 2.45) is 0 Å². The van der Waals surface area contributed by atoms with Gasteiger partial charge in [0.25, 0.3) is 0 Å². The molecule has 0 saturated carbocycles. The molecule has 0 spiro atoms. The predicted molar refractivity (Wildman–Crippen MR) is 79.5 cm³/mol. The molecule has 0 amide bonds. The minimum atomic E-state index is 0.129. The van der Waals surface area contributed by atoms with Crippen LogP contribution in [0.1, 0.15) is 48.8 Å². The van der Waals surface area contributed by atoms with E-state index in [0.29, 0.717) is 0 Å². The van der Waals surface area contributed by atoms with Crippen molar-refractivity contribution < 1.29 is 0 Å². The number of hydrogen-bond acceptors (Lipinski definition) is 4. The Labute approximate surface area is 120 Å². The Morgan fingerprint density at radius 3 is 2.70 bits per heavy atom. The first kappa shape index (κ1) is 14.7. The fourth-order valence-corrected chi connectivity index (χ4v) is 2.26. The molecule has 1 atom stereocenters. The molecule has 2 aromatic rings. The number of rotatable bonds is 6. The van der Waals surface area contributed by atoms with Crippen molar-refractivity contribution in [3.63, 3.8) is 0 Å². The standard InChI is InChI=1S/C15H23N5/c1-5-7-16-15(13-9-17-20(6-2)10-13)14-8-11(3)18-19-12(14)4/h8-10,15-16H,5-7H2,1-4H3. The lowest BCUT2D eigenvalue weighted by Crippen LogP contribution is -2.24. The van der Waals surface area contributed by atoms with E-state index >= 15 is 0 Å². The third kappa shape index (κ3) is 3.22. The predicted octanol–water partition coefficient (Wildman–Crippen LogP) is 2.40. The van der Waals surface area contributed by atoms with Crippen LogP contribution in [0.4, 0.5) is 0 Å². The molecule has 0 saturated heterocycles. The second-order valence-electron chi connectivity index (χ2n) is 5.04. The lowest BCUT2D eigenvalue weighted by molar-refractivity contribution is 0.589. The smallest absolute Gasteiger partial charge is 0.0651 e. The molecule has 2 rings (SSSR count). The molecule has 0 aliphatic carbocycles. The average molecular weight is 273 g/mol. The van der Waals surface area contributed by atoms with E-state index in [0.717, 1.165) is 30.9 Å². The van der Waals surface area contributed by atoms with E-state index in [9.17, 15) is 0 Å². The Bertz CT molecular complexity index is 561. The van der Waals surface area contributed by atoms with Crippen LogP contribution < -0.4 is 5.32 Å². The minimum absolute atomic E-state index is 0.129. The van der Waals surface area contributed by atoms with Crippen LogP contribution in [0.3, 0.4) is 0 Å². The summed E-state index contributed by atoms with van der Waals surface area (Å²) in [5, 5.41) is 16.3. The Morgan fingerprint density at radius 1 is 1.25 bits per heavy atom. The summed E-state index contributed by atoms with van der Waals surface area (Å²) in [7, 11) is 0. The van der Waals surface area contributed by atoms with Crippen LogP contribution in [-0.4, -0.2) is 26.5 Å². The van der Waals surface area contributed by atoms with Crippen molar-refractivity contribution in [3.8, 4) is 0 Å². The van der Waals surface area contributed by atoms with Gasteiger partial charge >= 0.3 is 0 Å². The molecule has 2 aromatic heterocycles. The molecule has 0 radical (unpaired) electrons. The van der Waals surface area contributed by atoms with Crippen molar-refractivity contribution in [2.75, 3.05) is 6.54 Å². The normalized spacial score (nSPS) is 12.6. The first-order chi connectivity index (χ1) is 9.65. The van der Waals surface area contributed by atoms with Gasteiger partial charge in [0.2, 0.25) is 0 Å². The minimum Gasteiger partial charge on any atom is -0.306 e. The van der Waals surface area contributed by atoms with Crippen LogP contribution in [0.25, 0.3) is 0 Å². The molecule has 5 heteroatoms. The maximum Gasteiger partial charge on any atom is 0.0651 e. The van der Waals surface area contributed by atoms with E-state index in [1.807, 2.05) is 24.7 Å². The molecule has 0 fully saturated rings. The molecule has 1 N–H and O–H groups in total. The topological polar surface area (TPSA) is 55.6 Å². The summed E-state index contributed by atoms with van der Waals surface area (Å²) in [5.74, 6) is 0. The van der Waals surface area contributed by atoms with Gasteiger partial charge in [-0.3, -0.25) is 4.68 Å². The van der Waals surface area contributed by atoms with Crippen LogP contribution in [0, 0.1) is 13.8 Å². The highest BCUT2D eigenvalue weighted by molar-refractivity contribution is 5.32. The zero-order valence-corrected chi connectivity index (χ0v) is 12.7. The molecule has 0 aromatic carbocycles. The Kier molecular flexibility index (Phi) is 4.84. The van der Waals surface area contributed by atoms with Crippen LogP contribution in [0.5, 0.6) is 0 Å². The number of nitrogens with zero attached hydrogens (tertiary/aromatic N) is 4. The molecule has 0 aliphatic heterocycles. The van der Waals surface area contributed by atoms with Crippen molar-refractivity contribution >= 4 is 0 Å². The van der Waals surface area contributed by atoms with Crippen LogP contribution in [0.2, 0.25) is 0 Å². The van der Waals surface area contributed by atoms with Crippen LogP contribution in [0.15, 0.2) is 18.5 Å². The molecule has 108 valence electrons. The highest BCUT2D eigenvalue weighted by Gasteiger charge is 2.18. The molecule has 0 aliphatic rings. The van der Waals surface area contributed by atoms with E-state index in [-0.39, 0.29) is 6.04 Å². The van der Waals surface area contributed by atoms with E-state index in [1.165, 1.54) is 11.1 Å². The lowest BCUT2D eigenvalue weighted by Gasteiger charge is -2.19. The van der Waals surface area contributed by atoms with Gasteiger partial charge in [0.05, 0.1) is 23.6 Å². The first-order valence-corrected chi connectivity index (χ1v) is 7.22. The molecular formula is C15H23N5. The van der Waals surface area contributed by atoms with Crippen molar-refractivity contribution in [1.82, 2.24) is 25.3 Å². The summed E-state index contributed by atoms with van der Waals surface area (Å²) in [6.07, 6.45) is 5.13. The number of hydrogen-bond donors (Lipinski definition) is 1. The average Bonchev–Trinajstić information content (AvgIpc) is 2.92. The van der Waals surface area contributed by atoms with E-state index in [2.05, 4.69) is 46.7 Å². The highest BCUT2D eigenvalue weighted by atomic mass is 15.3. The quantitative estimate of drug-likeness (QED) is 0.878. The fourth-order valence-electron chi connectivity index (χ4n) is 2.26. The molecule has 0 bridgehead atoms. The summed E-state index contributed by atoms with van der Waals surface area (Å²) in [6.45, 7) is 10.1. The van der Waals surface area contributed by atoms with Gasteiger partial charge in [0, 0.05) is 18.3 Å². The van der Waals surface area contributed by atoms with Gasteiger partial charge in [0.15, 0.2) is 0 Å². The van der Waals surface area contributed by atoms with Gasteiger partial charge in [-0.05, 0) is 45.4 Å². The molecular weight excluding hydrogens is 250 g/mol. The Balaban J connectivity index is 2.38. The van der Waals surface area contributed by atoms with Crippen LogP contribution >= 0.6 is 0 Å². The highest BCUT2D eigenvalue weighted by Crippen LogP contribution is 2.24. The van der Waals surface area contributed by atoms with Crippen LogP contribution in [-0.2, 0) is 6.54 Å². The zero-order valence-electron chi connectivity index (χ0n) is 12.7. The van der Waals surface area contributed by atoms with Crippen molar-refractivity contribution in [3.05, 3.63) is 41.0 Å². The summed E-state index contributed by atoms with van der Waals surface area (Å²) in [6, 6.07) is 2.24. The van der Waals surface area contributed by atoms with Gasteiger partial charge < -0.3 is 5.32 Å². The van der Waals surface area contributed by atoms with Gasteiger partial charge in [-0.2, -0.15) is 15.3 Å². The largest absolute Gasteiger partial charge is 0.306 e. The van der Waals surface area contributed by atoms with E-state index in [1.54, 1.807) is 0 Å². The van der Waals surface area contributed by atoms with Crippen molar-refractivity contribution in [2.45, 2.75) is 46.7 Å². The third-order valence-electron chi connectivity index (χ3n) is 3.36. The summed E-state index contributed by atoms with van der Waals surface area (Å²) in [5.41, 5.74) is 4.27. The number of nitrogens with one attached hydrogen (secondary N) is 1. The van der Waals surface area contributed by atoms with E-state index in [4.69, 9.17) is 0 Å². The monoisotopic (exact) mass is 273 g/mol. The van der Waals surface area contributed by atoms with Gasteiger partial charge in [-0.25, -0.2) is 0 Å². The van der Waals surface area contributed by atoms with Gasteiger partial charge in [-0.15, -0.1) is 0 Å². The fraction of sp³-hybridized carbons (Fsp3) is 0.533. The molecule has 2 heterocycles. The van der Waals surface area contributed by atoms with Gasteiger partial charge in [0.1, 0.15) is 0 Å². The maximum absolute atomic E-state index is 4.38. The summed E-state index contributed by atoms with van der Waals surface area (Å²) in [4.78, 5) is 0.